The second-order valence-electron chi connectivity index (χ2n) is 10.5. The Morgan fingerprint density at radius 2 is 1.67 bits per heavy atom. The van der Waals surface area contributed by atoms with Gasteiger partial charge in [-0.2, -0.15) is 0 Å². The van der Waals surface area contributed by atoms with Gasteiger partial charge in [-0.1, -0.05) is 13.0 Å². The van der Waals surface area contributed by atoms with Gasteiger partial charge < -0.3 is 15.4 Å². The van der Waals surface area contributed by atoms with Crippen LogP contribution in [0, 0.1) is 12.8 Å². The first-order valence-electron chi connectivity index (χ1n) is 11.2. The van der Waals surface area contributed by atoms with Gasteiger partial charge >= 0.3 is 6.09 Å². The summed E-state index contributed by atoms with van der Waals surface area (Å²) in [7, 11) is 0. The number of benzene rings is 1. The minimum Gasteiger partial charge on any atom is -0.444 e. The summed E-state index contributed by atoms with van der Waals surface area (Å²) < 4.78 is 5.20. The van der Waals surface area contributed by atoms with Crippen LogP contribution in [0.4, 0.5) is 10.6 Å². The molecule has 2 atom stereocenters. The van der Waals surface area contributed by atoms with E-state index in [0.29, 0.717) is 22.4 Å². The van der Waals surface area contributed by atoms with Crippen LogP contribution < -0.4 is 10.6 Å². The van der Waals surface area contributed by atoms with E-state index in [-0.39, 0.29) is 23.5 Å². The molecular weight excluding hydrogens is 420 g/mol. The van der Waals surface area contributed by atoms with E-state index in [9.17, 15) is 14.4 Å². The Morgan fingerprint density at radius 1 is 1.03 bits per heavy atom. The molecule has 0 fully saturated rings. The maximum atomic E-state index is 13.1. The first-order chi connectivity index (χ1) is 15.1. The molecule has 2 rings (SSSR count). The minimum absolute atomic E-state index is 0.00409. The van der Waals surface area contributed by atoms with Crippen molar-refractivity contribution in [3.63, 3.8) is 0 Å². The van der Waals surface area contributed by atoms with E-state index >= 15 is 0 Å². The lowest BCUT2D eigenvalue weighted by Crippen LogP contribution is -2.43. The molecule has 2 unspecified atom stereocenters. The van der Waals surface area contributed by atoms with E-state index in [4.69, 9.17) is 4.74 Å². The van der Waals surface area contributed by atoms with Crippen LogP contribution in [0.5, 0.6) is 0 Å². The number of fused-ring (bicyclic) bond motifs is 1. The van der Waals surface area contributed by atoms with Crippen molar-refractivity contribution in [2.24, 2.45) is 5.92 Å². The molecule has 8 heteroatoms. The van der Waals surface area contributed by atoms with Crippen LogP contribution in [0.25, 0.3) is 11.0 Å². The highest BCUT2D eigenvalue weighted by Gasteiger charge is 2.27. The van der Waals surface area contributed by atoms with Crippen LogP contribution in [0.3, 0.4) is 0 Å². The summed E-state index contributed by atoms with van der Waals surface area (Å²) in [5.74, 6) is -0.421. The van der Waals surface area contributed by atoms with Gasteiger partial charge in [0.15, 0.2) is 11.6 Å². The molecule has 8 nitrogen and oxygen atoms in total. The van der Waals surface area contributed by atoms with Crippen molar-refractivity contribution in [1.82, 2.24) is 15.3 Å². The number of ketones is 2. The number of ether oxygens (including phenoxy) is 1. The molecule has 1 amide bonds. The number of hydrogen-bond acceptors (Lipinski definition) is 7. The lowest BCUT2D eigenvalue weighted by atomic mass is 9.92. The lowest BCUT2D eigenvalue weighted by Gasteiger charge is -2.23. The van der Waals surface area contributed by atoms with Gasteiger partial charge in [0.05, 0.1) is 17.3 Å². The number of carbonyl (C=O) groups is 3. The Labute approximate surface area is 195 Å². The summed E-state index contributed by atoms with van der Waals surface area (Å²) in [6.45, 7) is 16.4. The summed E-state index contributed by atoms with van der Waals surface area (Å²) in [5, 5.41) is 5.87. The number of hydrogen-bond donors (Lipinski definition) is 2. The molecular formula is C25H36N4O4. The third-order valence-corrected chi connectivity index (χ3v) is 4.80. The largest absolute Gasteiger partial charge is 0.444 e. The number of Topliss-reactive ketones (excluding diaryl/α,β-unsaturated/α-hetero) is 2. The normalized spacial score (nSPS) is 13.8. The number of nitrogens with zero attached hydrogens (tertiary/aromatic N) is 2. The van der Waals surface area contributed by atoms with Gasteiger partial charge in [0, 0.05) is 23.4 Å². The van der Waals surface area contributed by atoms with Crippen molar-refractivity contribution in [3.8, 4) is 0 Å². The zero-order chi connectivity index (χ0) is 25.1. The molecule has 0 aliphatic carbocycles. The Balaban J connectivity index is 2.20. The highest BCUT2D eigenvalue weighted by Crippen LogP contribution is 2.24. The smallest absolute Gasteiger partial charge is 0.408 e. The first-order valence-corrected chi connectivity index (χ1v) is 11.2. The number of aromatic nitrogens is 2. The maximum absolute atomic E-state index is 13.1. The zero-order valence-electron chi connectivity index (χ0n) is 21.1. The molecule has 0 bridgehead atoms. The summed E-state index contributed by atoms with van der Waals surface area (Å²) in [5.41, 5.74) is 1.40. The SMILES string of the molecule is Cc1nc2cccc(C(=O)CC(C)C(=O)C(C)NC(=O)OC(C)(C)C)c2nc1NC(C)(C)C. The number of nitrogens with one attached hydrogen (secondary N) is 2. The fraction of sp³-hybridized carbons (Fsp3) is 0.560. The number of rotatable bonds is 7. The molecule has 0 spiro atoms. The second kappa shape index (κ2) is 9.85. The summed E-state index contributed by atoms with van der Waals surface area (Å²) in [6, 6.07) is 4.50. The van der Waals surface area contributed by atoms with Gasteiger partial charge in [-0.15, -0.1) is 0 Å². The summed E-state index contributed by atoms with van der Waals surface area (Å²) in [6.07, 6.45) is -0.670. The minimum atomic E-state index is -0.778. The average molecular weight is 457 g/mol. The monoisotopic (exact) mass is 456 g/mol. The van der Waals surface area contributed by atoms with Crippen molar-refractivity contribution in [2.45, 2.75) is 85.9 Å². The molecule has 0 aliphatic heterocycles. The molecule has 0 aliphatic rings. The van der Waals surface area contributed by atoms with Crippen molar-refractivity contribution in [3.05, 3.63) is 29.5 Å². The highest BCUT2D eigenvalue weighted by atomic mass is 16.6. The molecule has 180 valence electrons. The second-order valence-corrected chi connectivity index (χ2v) is 10.5. The van der Waals surface area contributed by atoms with E-state index < -0.39 is 23.7 Å². The van der Waals surface area contributed by atoms with Gasteiger partial charge in [-0.05, 0) is 67.5 Å². The van der Waals surface area contributed by atoms with Crippen molar-refractivity contribution < 1.29 is 19.1 Å². The third-order valence-electron chi connectivity index (χ3n) is 4.80. The predicted molar refractivity (Wildman–Crippen MR) is 130 cm³/mol. The molecule has 2 N–H and O–H groups in total. The third kappa shape index (κ3) is 7.51. The maximum Gasteiger partial charge on any atom is 0.408 e. The lowest BCUT2D eigenvalue weighted by molar-refractivity contribution is -0.124. The Morgan fingerprint density at radius 3 is 2.24 bits per heavy atom. The Kier molecular flexibility index (Phi) is 7.83. The number of amides is 1. The fourth-order valence-electron chi connectivity index (χ4n) is 3.33. The Hall–Kier alpha value is -3.03. The molecule has 33 heavy (non-hydrogen) atoms. The van der Waals surface area contributed by atoms with Gasteiger partial charge in [-0.25, -0.2) is 14.8 Å². The van der Waals surface area contributed by atoms with Crippen LogP contribution in [-0.4, -0.2) is 44.8 Å². The van der Waals surface area contributed by atoms with Crippen molar-refractivity contribution >= 4 is 34.5 Å². The number of aryl methyl sites for hydroxylation is 1. The van der Waals surface area contributed by atoms with E-state index in [1.807, 2.05) is 33.8 Å². The van der Waals surface area contributed by atoms with Gasteiger partial charge in [0.2, 0.25) is 0 Å². The number of alkyl carbamates (subject to hydrolysis) is 1. The van der Waals surface area contributed by atoms with Crippen molar-refractivity contribution in [2.75, 3.05) is 5.32 Å². The molecule has 1 aromatic heterocycles. The molecule has 0 saturated carbocycles. The van der Waals surface area contributed by atoms with Crippen LogP contribution in [-0.2, 0) is 9.53 Å². The topological polar surface area (TPSA) is 110 Å². The van der Waals surface area contributed by atoms with Crippen molar-refractivity contribution in [1.29, 1.82) is 0 Å². The summed E-state index contributed by atoms with van der Waals surface area (Å²) in [4.78, 5) is 47.2. The quantitative estimate of drug-likeness (QED) is 0.574. The molecule has 2 aromatic rings. The number of para-hydroxylation sites is 1. The van der Waals surface area contributed by atoms with Crippen LogP contribution in [0.1, 0.15) is 77.9 Å². The fourth-order valence-corrected chi connectivity index (χ4v) is 3.33. The van der Waals surface area contributed by atoms with Crippen LogP contribution >= 0.6 is 0 Å². The van der Waals surface area contributed by atoms with Crippen LogP contribution in [0.15, 0.2) is 18.2 Å². The number of anilines is 1. The first kappa shape index (κ1) is 26.2. The average Bonchev–Trinajstić information content (AvgIpc) is 2.64. The zero-order valence-corrected chi connectivity index (χ0v) is 21.1. The summed E-state index contributed by atoms with van der Waals surface area (Å²) >= 11 is 0. The van der Waals surface area contributed by atoms with Crippen LogP contribution in [0.2, 0.25) is 0 Å². The number of carbonyl (C=O) groups excluding carboxylic acids is 3. The predicted octanol–water partition coefficient (Wildman–Crippen LogP) is 4.84. The van der Waals surface area contributed by atoms with E-state index in [1.54, 1.807) is 46.8 Å². The van der Waals surface area contributed by atoms with Gasteiger partial charge in [0.1, 0.15) is 16.9 Å². The molecule has 1 aromatic carbocycles. The molecule has 0 radical (unpaired) electrons. The molecule has 1 heterocycles. The highest BCUT2D eigenvalue weighted by molar-refractivity contribution is 6.07. The van der Waals surface area contributed by atoms with E-state index in [0.717, 1.165) is 5.69 Å². The standard InChI is InChI=1S/C25H36N4O4/c1-14(21(31)15(2)27-23(32)33-25(7,8)9)13-19(30)17-11-10-12-18-20(17)28-22(16(3)26-18)29-24(4,5)6/h10-12,14-15H,13H2,1-9H3,(H,27,32)(H,28,29). The molecule has 0 saturated heterocycles. The van der Waals surface area contributed by atoms with E-state index in [1.165, 1.54) is 0 Å². The Bertz CT molecular complexity index is 1050. The van der Waals surface area contributed by atoms with Gasteiger partial charge in [-0.3, -0.25) is 9.59 Å². The van der Waals surface area contributed by atoms with E-state index in [2.05, 4.69) is 20.6 Å². The van der Waals surface area contributed by atoms with Gasteiger partial charge in [0.25, 0.3) is 0 Å².